The first-order valence-corrected chi connectivity index (χ1v) is 4.01. The van der Waals surface area contributed by atoms with Gasteiger partial charge in [0.05, 0.1) is 5.66 Å². The number of rotatable bonds is 3. The van der Waals surface area contributed by atoms with Gasteiger partial charge in [-0.15, -0.1) is 0 Å². The third-order valence-electron chi connectivity index (χ3n) is 2.18. The maximum Gasteiger partial charge on any atom is 0.0813 e. The zero-order valence-electron chi connectivity index (χ0n) is 7.44. The van der Waals surface area contributed by atoms with Gasteiger partial charge < -0.3 is 0 Å². The fraction of sp³-hybridized carbons (Fsp3) is 1.00. The van der Waals surface area contributed by atoms with Gasteiger partial charge in [-0.05, 0) is 26.4 Å². The van der Waals surface area contributed by atoms with E-state index in [2.05, 4.69) is 38.0 Å². The zero-order chi connectivity index (χ0) is 7.78. The monoisotopic (exact) mass is 142 g/mol. The van der Waals surface area contributed by atoms with Crippen molar-refractivity contribution in [3.8, 4) is 0 Å². The number of nitrogens with one attached hydrogen (secondary N) is 1. The average Bonchev–Trinajstić information content (AvgIpc) is 2.38. The summed E-state index contributed by atoms with van der Waals surface area (Å²) in [6.45, 7) is 9.04. The Hall–Kier alpha value is -0.0800. The highest BCUT2D eigenvalue weighted by molar-refractivity contribution is 4.98. The van der Waals surface area contributed by atoms with Crippen molar-refractivity contribution in [1.82, 2.24) is 10.2 Å². The summed E-state index contributed by atoms with van der Waals surface area (Å²) in [5.74, 6) is 0.755. The molecule has 1 saturated heterocycles. The molecule has 1 aliphatic heterocycles. The molecule has 0 amide bonds. The van der Waals surface area contributed by atoms with Crippen LogP contribution in [0.25, 0.3) is 0 Å². The van der Waals surface area contributed by atoms with Crippen molar-refractivity contribution in [1.29, 1.82) is 0 Å². The minimum Gasteiger partial charge on any atom is -0.298 e. The first-order chi connectivity index (χ1) is 4.54. The number of nitrogens with zero attached hydrogens (tertiary/aromatic N) is 1. The quantitative estimate of drug-likeness (QED) is 0.589. The lowest BCUT2D eigenvalue weighted by Crippen LogP contribution is -2.35. The van der Waals surface area contributed by atoms with Crippen molar-refractivity contribution in [2.45, 2.75) is 26.4 Å². The van der Waals surface area contributed by atoms with Crippen LogP contribution >= 0.6 is 0 Å². The first kappa shape index (κ1) is 8.02. The second kappa shape index (κ2) is 2.51. The lowest BCUT2D eigenvalue weighted by atomic mass is 10.2. The van der Waals surface area contributed by atoms with E-state index >= 15 is 0 Å². The molecule has 0 aliphatic carbocycles. The molecule has 0 saturated carbocycles. The van der Waals surface area contributed by atoms with Gasteiger partial charge in [-0.3, -0.25) is 10.2 Å². The van der Waals surface area contributed by atoms with E-state index in [4.69, 9.17) is 0 Å². The van der Waals surface area contributed by atoms with Crippen LogP contribution in [0, 0.1) is 5.92 Å². The standard InChI is InChI=1S/C8H18N2/c1-7(2)5-9-8(3)6-10(8)4/h7,9H,5-6H2,1-4H3. The molecule has 2 atom stereocenters. The second-order valence-corrected chi connectivity index (χ2v) is 3.90. The zero-order valence-corrected chi connectivity index (χ0v) is 7.44. The van der Waals surface area contributed by atoms with Gasteiger partial charge in [0.15, 0.2) is 0 Å². The van der Waals surface area contributed by atoms with Crippen LogP contribution < -0.4 is 5.32 Å². The van der Waals surface area contributed by atoms with Gasteiger partial charge in [-0.2, -0.15) is 0 Å². The van der Waals surface area contributed by atoms with E-state index in [0.717, 1.165) is 12.5 Å². The third kappa shape index (κ3) is 1.70. The molecule has 0 bridgehead atoms. The van der Waals surface area contributed by atoms with Crippen LogP contribution in [0.2, 0.25) is 0 Å². The molecule has 0 aromatic heterocycles. The van der Waals surface area contributed by atoms with E-state index in [1.54, 1.807) is 0 Å². The fourth-order valence-electron chi connectivity index (χ4n) is 1.04. The molecule has 1 fully saturated rings. The Morgan fingerprint density at radius 1 is 1.60 bits per heavy atom. The van der Waals surface area contributed by atoms with Gasteiger partial charge in [0.25, 0.3) is 0 Å². The first-order valence-electron chi connectivity index (χ1n) is 4.01. The molecule has 0 spiro atoms. The van der Waals surface area contributed by atoms with Crippen LogP contribution in [0.1, 0.15) is 20.8 Å². The highest BCUT2D eigenvalue weighted by Gasteiger charge is 2.43. The van der Waals surface area contributed by atoms with Crippen molar-refractivity contribution in [3.05, 3.63) is 0 Å². The highest BCUT2D eigenvalue weighted by Crippen LogP contribution is 2.25. The Morgan fingerprint density at radius 3 is 2.40 bits per heavy atom. The summed E-state index contributed by atoms with van der Waals surface area (Å²) >= 11 is 0. The van der Waals surface area contributed by atoms with Gasteiger partial charge in [0, 0.05) is 6.54 Å². The maximum atomic E-state index is 3.51. The van der Waals surface area contributed by atoms with Gasteiger partial charge in [-0.1, -0.05) is 13.8 Å². The topological polar surface area (TPSA) is 15.0 Å². The molecule has 60 valence electrons. The summed E-state index contributed by atoms with van der Waals surface area (Å²) in [5.41, 5.74) is 0.324. The number of hydrogen-bond acceptors (Lipinski definition) is 2. The van der Waals surface area contributed by atoms with E-state index < -0.39 is 0 Å². The van der Waals surface area contributed by atoms with Crippen LogP contribution in [0.5, 0.6) is 0 Å². The number of hydrogen-bond donors (Lipinski definition) is 1. The Bertz CT molecular complexity index is 122. The Balaban J connectivity index is 2.15. The van der Waals surface area contributed by atoms with Crippen LogP contribution in [0.4, 0.5) is 0 Å². The smallest absolute Gasteiger partial charge is 0.0813 e. The van der Waals surface area contributed by atoms with Crippen molar-refractivity contribution in [2.24, 2.45) is 5.92 Å². The van der Waals surface area contributed by atoms with Crippen LogP contribution in [-0.4, -0.2) is 30.7 Å². The SMILES string of the molecule is CC(C)CNC1(C)CN1C. The minimum atomic E-state index is 0.324. The largest absolute Gasteiger partial charge is 0.298 e. The van der Waals surface area contributed by atoms with Crippen LogP contribution in [0.15, 0.2) is 0 Å². The molecular formula is C8H18N2. The van der Waals surface area contributed by atoms with Gasteiger partial charge in [-0.25, -0.2) is 0 Å². The molecule has 0 aromatic carbocycles. The van der Waals surface area contributed by atoms with E-state index in [1.165, 1.54) is 6.54 Å². The van der Waals surface area contributed by atoms with Crippen molar-refractivity contribution in [2.75, 3.05) is 20.1 Å². The lowest BCUT2D eigenvalue weighted by molar-refractivity contribution is 0.386. The normalized spacial score (nSPS) is 38.7. The van der Waals surface area contributed by atoms with E-state index in [1.807, 2.05) is 0 Å². The third-order valence-corrected chi connectivity index (χ3v) is 2.18. The molecule has 0 aromatic rings. The van der Waals surface area contributed by atoms with Crippen LogP contribution in [-0.2, 0) is 0 Å². The summed E-state index contributed by atoms with van der Waals surface area (Å²) in [5, 5.41) is 3.51. The van der Waals surface area contributed by atoms with Crippen molar-refractivity contribution < 1.29 is 0 Å². The predicted octanol–water partition coefficient (Wildman–Crippen LogP) is 0.894. The van der Waals surface area contributed by atoms with E-state index in [-0.39, 0.29) is 0 Å². The van der Waals surface area contributed by atoms with Gasteiger partial charge in [0.1, 0.15) is 0 Å². The van der Waals surface area contributed by atoms with Crippen molar-refractivity contribution >= 4 is 0 Å². The Kier molecular flexibility index (Phi) is 2.02. The molecule has 1 aliphatic rings. The fourth-order valence-corrected chi connectivity index (χ4v) is 1.04. The van der Waals surface area contributed by atoms with E-state index in [9.17, 15) is 0 Å². The van der Waals surface area contributed by atoms with Gasteiger partial charge >= 0.3 is 0 Å². The molecule has 1 N–H and O–H groups in total. The lowest BCUT2D eigenvalue weighted by Gasteiger charge is -2.13. The molecule has 2 nitrogen and oxygen atoms in total. The molecule has 0 radical (unpaired) electrons. The molecule has 1 rings (SSSR count). The molecule has 10 heavy (non-hydrogen) atoms. The average molecular weight is 142 g/mol. The summed E-state index contributed by atoms with van der Waals surface area (Å²) in [6, 6.07) is 0. The van der Waals surface area contributed by atoms with Gasteiger partial charge in [0.2, 0.25) is 0 Å². The summed E-state index contributed by atoms with van der Waals surface area (Å²) in [4.78, 5) is 2.31. The summed E-state index contributed by atoms with van der Waals surface area (Å²) < 4.78 is 0. The molecular weight excluding hydrogens is 124 g/mol. The second-order valence-electron chi connectivity index (χ2n) is 3.90. The number of likely N-dealkylation sites (N-methyl/N-ethyl adjacent to an activating group) is 1. The summed E-state index contributed by atoms with van der Waals surface area (Å²) in [6.07, 6.45) is 0. The molecule has 1 heterocycles. The maximum absolute atomic E-state index is 3.51. The molecule has 2 heteroatoms. The van der Waals surface area contributed by atoms with Crippen LogP contribution in [0.3, 0.4) is 0 Å². The highest BCUT2D eigenvalue weighted by atomic mass is 15.4. The minimum absolute atomic E-state index is 0.324. The Labute approximate surface area is 63.6 Å². The van der Waals surface area contributed by atoms with E-state index in [0.29, 0.717) is 5.66 Å². The predicted molar refractivity (Wildman–Crippen MR) is 43.9 cm³/mol. The molecule has 2 unspecified atom stereocenters. The Morgan fingerprint density at radius 2 is 2.10 bits per heavy atom. The summed E-state index contributed by atoms with van der Waals surface area (Å²) in [7, 11) is 2.15. The van der Waals surface area contributed by atoms with Crippen molar-refractivity contribution in [3.63, 3.8) is 0 Å².